The van der Waals surface area contributed by atoms with E-state index in [0.717, 1.165) is 13.0 Å². The number of likely N-dealkylation sites (N-methyl/N-ethyl adjacent to an activating group) is 1. The predicted molar refractivity (Wildman–Crippen MR) is 84.9 cm³/mol. The molecule has 1 aromatic rings. The fraction of sp³-hybridized carbons (Fsp3) is 0.706. The Morgan fingerprint density at radius 2 is 2.05 bits per heavy atom. The maximum absolute atomic E-state index is 4.52. The highest BCUT2D eigenvalue weighted by Gasteiger charge is 2.39. The number of nitrogens with one attached hydrogen (secondary N) is 1. The molecular weight excluding hydrogens is 246 g/mol. The Morgan fingerprint density at radius 1 is 1.30 bits per heavy atom. The molecule has 1 aliphatic heterocycles. The summed E-state index contributed by atoms with van der Waals surface area (Å²) in [5.41, 5.74) is 1.42. The van der Waals surface area contributed by atoms with Crippen molar-refractivity contribution in [1.29, 1.82) is 0 Å². The fourth-order valence-corrected chi connectivity index (χ4v) is 3.40. The van der Waals surface area contributed by atoms with E-state index in [0.29, 0.717) is 6.04 Å². The van der Waals surface area contributed by atoms with Gasteiger partial charge in [-0.15, -0.1) is 0 Å². The quantitative estimate of drug-likeness (QED) is 0.829. The van der Waals surface area contributed by atoms with Crippen LogP contribution in [0.4, 0.5) is 0 Å². The molecule has 1 aromatic heterocycles. The summed E-state index contributed by atoms with van der Waals surface area (Å²) >= 11 is 0. The van der Waals surface area contributed by atoms with Gasteiger partial charge >= 0.3 is 0 Å². The first-order valence-electron chi connectivity index (χ1n) is 8.09. The molecule has 3 heteroatoms. The van der Waals surface area contributed by atoms with E-state index in [1.807, 2.05) is 12.3 Å². The summed E-state index contributed by atoms with van der Waals surface area (Å²) in [7, 11) is 0. The molecule has 1 saturated heterocycles. The van der Waals surface area contributed by atoms with Crippen molar-refractivity contribution in [2.24, 2.45) is 0 Å². The van der Waals surface area contributed by atoms with Crippen LogP contribution in [0.2, 0.25) is 0 Å². The standard InChI is InChI=1S/C17H29N3/c1-4-17(3,20-12-8-9-13-20)16(18-5-2)14-15-10-6-7-11-19-15/h6-7,10-11,16,18H,4-5,8-9,12-14H2,1-3H3. The molecule has 0 amide bonds. The molecule has 2 rings (SSSR count). The predicted octanol–water partition coefficient (Wildman–Crippen LogP) is 2.87. The molecule has 112 valence electrons. The first-order chi connectivity index (χ1) is 9.70. The van der Waals surface area contributed by atoms with E-state index in [4.69, 9.17) is 0 Å². The molecule has 2 atom stereocenters. The van der Waals surface area contributed by atoms with Crippen LogP contribution in [0.1, 0.15) is 45.7 Å². The third-order valence-electron chi connectivity index (χ3n) is 4.88. The summed E-state index contributed by atoms with van der Waals surface area (Å²) in [4.78, 5) is 7.20. The Morgan fingerprint density at radius 3 is 2.60 bits per heavy atom. The first-order valence-corrected chi connectivity index (χ1v) is 8.09. The second-order valence-electron chi connectivity index (χ2n) is 6.04. The Balaban J connectivity index is 2.16. The van der Waals surface area contributed by atoms with Crippen LogP contribution in [0, 0.1) is 0 Å². The average molecular weight is 275 g/mol. The molecule has 20 heavy (non-hydrogen) atoms. The third-order valence-corrected chi connectivity index (χ3v) is 4.88. The Labute approximate surface area is 123 Å². The van der Waals surface area contributed by atoms with E-state index >= 15 is 0 Å². The molecule has 0 radical (unpaired) electrons. The molecule has 0 spiro atoms. The summed E-state index contributed by atoms with van der Waals surface area (Å²) in [6.45, 7) is 10.4. The zero-order valence-electron chi connectivity index (χ0n) is 13.2. The molecule has 0 aromatic carbocycles. The number of rotatable bonds is 7. The molecule has 3 nitrogen and oxygen atoms in total. The molecular formula is C17H29N3. The lowest BCUT2D eigenvalue weighted by atomic mass is 9.84. The molecule has 2 unspecified atom stereocenters. The van der Waals surface area contributed by atoms with Crippen LogP contribution < -0.4 is 5.32 Å². The van der Waals surface area contributed by atoms with Crippen molar-refractivity contribution in [1.82, 2.24) is 15.2 Å². The number of aromatic nitrogens is 1. The van der Waals surface area contributed by atoms with Gasteiger partial charge in [0.1, 0.15) is 0 Å². The van der Waals surface area contributed by atoms with Gasteiger partial charge in [0.2, 0.25) is 0 Å². The Hall–Kier alpha value is -0.930. The van der Waals surface area contributed by atoms with Crippen LogP contribution in [0.5, 0.6) is 0 Å². The number of nitrogens with zero attached hydrogens (tertiary/aromatic N) is 2. The van der Waals surface area contributed by atoms with E-state index in [-0.39, 0.29) is 5.54 Å². The molecule has 1 aliphatic rings. The normalized spacial score (nSPS) is 20.8. The maximum Gasteiger partial charge on any atom is 0.0419 e. The second kappa shape index (κ2) is 7.19. The van der Waals surface area contributed by atoms with Crippen molar-refractivity contribution in [2.75, 3.05) is 19.6 Å². The van der Waals surface area contributed by atoms with Gasteiger partial charge in [-0.3, -0.25) is 9.88 Å². The van der Waals surface area contributed by atoms with Gasteiger partial charge in [0, 0.05) is 29.9 Å². The minimum atomic E-state index is 0.226. The van der Waals surface area contributed by atoms with Crippen molar-refractivity contribution in [3.63, 3.8) is 0 Å². The Kier molecular flexibility index (Phi) is 5.55. The van der Waals surface area contributed by atoms with Gasteiger partial charge in [-0.25, -0.2) is 0 Å². The van der Waals surface area contributed by atoms with Gasteiger partial charge in [-0.1, -0.05) is 19.9 Å². The van der Waals surface area contributed by atoms with Gasteiger partial charge in [0.15, 0.2) is 0 Å². The largest absolute Gasteiger partial charge is 0.312 e. The molecule has 1 N–H and O–H groups in total. The van der Waals surface area contributed by atoms with Gasteiger partial charge in [0.25, 0.3) is 0 Å². The maximum atomic E-state index is 4.52. The number of hydrogen-bond acceptors (Lipinski definition) is 3. The van der Waals surface area contributed by atoms with Gasteiger partial charge in [0.05, 0.1) is 0 Å². The van der Waals surface area contributed by atoms with Crippen LogP contribution >= 0.6 is 0 Å². The lowest BCUT2D eigenvalue weighted by Gasteiger charge is -2.45. The van der Waals surface area contributed by atoms with Gasteiger partial charge < -0.3 is 5.32 Å². The number of pyridine rings is 1. The van der Waals surface area contributed by atoms with E-state index in [9.17, 15) is 0 Å². The van der Waals surface area contributed by atoms with Crippen molar-refractivity contribution in [3.05, 3.63) is 30.1 Å². The van der Waals surface area contributed by atoms with E-state index in [2.05, 4.69) is 48.1 Å². The first kappa shape index (κ1) is 15.5. The SMILES string of the molecule is CCNC(Cc1ccccn1)C(C)(CC)N1CCCC1. The summed E-state index contributed by atoms with van der Waals surface area (Å²) in [5, 5.41) is 3.72. The summed E-state index contributed by atoms with van der Waals surface area (Å²) in [6.07, 6.45) is 6.78. The van der Waals surface area contributed by atoms with Crippen LogP contribution in [-0.4, -0.2) is 41.1 Å². The Bertz CT molecular complexity index is 386. The third kappa shape index (κ3) is 3.39. The van der Waals surface area contributed by atoms with Crippen LogP contribution in [0.25, 0.3) is 0 Å². The fourth-order valence-electron chi connectivity index (χ4n) is 3.40. The van der Waals surface area contributed by atoms with E-state index in [1.165, 1.54) is 38.0 Å². The molecule has 0 aliphatic carbocycles. The van der Waals surface area contributed by atoms with Gasteiger partial charge in [-0.2, -0.15) is 0 Å². The van der Waals surface area contributed by atoms with Gasteiger partial charge in [-0.05, 0) is 58.0 Å². The monoisotopic (exact) mass is 275 g/mol. The topological polar surface area (TPSA) is 28.2 Å². The summed E-state index contributed by atoms with van der Waals surface area (Å²) in [5.74, 6) is 0. The van der Waals surface area contributed by atoms with E-state index < -0.39 is 0 Å². The van der Waals surface area contributed by atoms with Crippen molar-refractivity contribution in [2.45, 2.75) is 58.0 Å². The smallest absolute Gasteiger partial charge is 0.0419 e. The second-order valence-corrected chi connectivity index (χ2v) is 6.04. The summed E-state index contributed by atoms with van der Waals surface area (Å²) < 4.78 is 0. The lowest BCUT2D eigenvalue weighted by Crippen LogP contribution is -2.59. The molecule has 0 saturated carbocycles. The highest BCUT2D eigenvalue weighted by atomic mass is 15.2. The average Bonchev–Trinajstić information content (AvgIpc) is 3.02. The van der Waals surface area contributed by atoms with Crippen molar-refractivity contribution >= 4 is 0 Å². The van der Waals surface area contributed by atoms with Crippen molar-refractivity contribution in [3.8, 4) is 0 Å². The zero-order chi connectivity index (χ0) is 14.4. The highest BCUT2D eigenvalue weighted by Crippen LogP contribution is 2.29. The van der Waals surface area contributed by atoms with Crippen LogP contribution in [-0.2, 0) is 6.42 Å². The van der Waals surface area contributed by atoms with Crippen LogP contribution in [0.3, 0.4) is 0 Å². The molecule has 1 fully saturated rings. The van der Waals surface area contributed by atoms with Crippen LogP contribution in [0.15, 0.2) is 24.4 Å². The van der Waals surface area contributed by atoms with E-state index in [1.54, 1.807) is 0 Å². The zero-order valence-corrected chi connectivity index (χ0v) is 13.2. The highest BCUT2D eigenvalue weighted by molar-refractivity contribution is 5.09. The minimum Gasteiger partial charge on any atom is -0.312 e. The molecule has 0 bridgehead atoms. The lowest BCUT2D eigenvalue weighted by molar-refractivity contribution is 0.0843. The molecule has 2 heterocycles. The summed E-state index contributed by atoms with van der Waals surface area (Å²) in [6, 6.07) is 6.69. The number of likely N-dealkylation sites (tertiary alicyclic amines) is 1. The minimum absolute atomic E-state index is 0.226. The van der Waals surface area contributed by atoms with Crippen molar-refractivity contribution < 1.29 is 0 Å². The number of hydrogen-bond donors (Lipinski definition) is 1.